The summed E-state index contributed by atoms with van der Waals surface area (Å²) in [6.45, 7) is 6.53. The lowest BCUT2D eigenvalue weighted by atomic mass is 10.1. The van der Waals surface area contributed by atoms with Crippen molar-refractivity contribution < 1.29 is 9.66 Å². The number of rotatable bonds is 4. The monoisotopic (exact) mass is 223 g/mol. The molecular weight excluding hydrogens is 206 g/mol. The van der Waals surface area contributed by atoms with Crippen LogP contribution in [0.4, 0.5) is 5.69 Å². The minimum absolute atomic E-state index is 0.133. The normalized spacial score (nSPS) is 11.4. The summed E-state index contributed by atoms with van der Waals surface area (Å²) in [7, 11) is 0. The molecule has 0 saturated carbocycles. The molecule has 1 aromatic carbocycles. The lowest BCUT2D eigenvalue weighted by Crippen LogP contribution is -2.20. The van der Waals surface area contributed by atoms with Crippen LogP contribution in [0.3, 0.4) is 0 Å². The molecule has 0 unspecified atom stereocenters. The number of hydrogen-bond acceptors (Lipinski definition) is 3. The summed E-state index contributed by atoms with van der Waals surface area (Å²) in [5.74, 6) is 0. The summed E-state index contributed by atoms with van der Waals surface area (Å²) in [5, 5.41) is 10.6. The zero-order valence-corrected chi connectivity index (χ0v) is 9.90. The fourth-order valence-electron chi connectivity index (χ4n) is 1.30. The fraction of sp³-hybridized carbons (Fsp3) is 0.500. The molecule has 0 aliphatic heterocycles. The SMILES string of the molecule is CC(C)(C)OCCc1cccc([N+](=O)[O-])c1. The van der Waals surface area contributed by atoms with Gasteiger partial charge < -0.3 is 4.74 Å². The third kappa shape index (κ3) is 4.40. The van der Waals surface area contributed by atoms with Gasteiger partial charge in [-0.2, -0.15) is 0 Å². The third-order valence-corrected chi connectivity index (χ3v) is 2.05. The van der Waals surface area contributed by atoms with Crippen LogP contribution in [0.25, 0.3) is 0 Å². The van der Waals surface area contributed by atoms with Gasteiger partial charge in [-0.25, -0.2) is 0 Å². The van der Waals surface area contributed by atoms with E-state index in [9.17, 15) is 10.1 Å². The van der Waals surface area contributed by atoms with Crippen molar-refractivity contribution in [3.05, 3.63) is 39.9 Å². The van der Waals surface area contributed by atoms with Gasteiger partial charge in [0.05, 0.1) is 17.1 Å². The molecule has 16 heavy (non-hydrogen) atoms. The Morgan fingerprint density at radius 2 is 2.06 bits per heavy atom. The van der Waals surface area contributed by atoms with Gasteiger partial charge in [-0.05, 0) is 32.8 Å². The van der Waals surface area contributed by atoms with Crippen molar-refractivity contribution in [3.63, 3.8) is 0 Å². The Balaban J connectivity index is 2.55. The second kappa shape index (κ2) is 5.07. The van der Waals surface area contributed by atoms with E-state index in [-0.39, 0.29) is 16.2 Å². The minimum atomic E-state index is -0.381. The molecule has 0 fully saturated rings. The first-order valence-electron chi connectivity index (χ1n) is 5.26. The standard InChI is InChI=1S/C12H17NO3/c1-12(2,3)16-8-7-10-5-4-6-11(9-10)13(14)15/h4-6,9H,7-8H2,1-3H3. The Bertz CT molecular complexity index is 369. The molecule has 0 aliphatic carbocycles. The van der Waals surface area contributed by atoms with E-state index < -0.39 is 0 Å². The van der Waals surface area contributed by atoms with Crippen LogP contribution in [-0.4, -0.2) is 17.1 Å². The molecule has 0 atom stereocenters. The van der Waals surface area contributed by atoms with Crippen LogP contribution in [0.5, 0.6) is 0 Å². The predicted octanol–water partition coefficient (Wildman–Crippen LogP) is 2.95. The maximum Gasteiger partial charge on any atom is 0.269 e. The Kier molecular flexibility index (Phi) is 4.01. The highest BCUT2D eigenvalue weighted by Crippen LogP contribution is 2.14. The summed E-state index contributed by atoms with van der Waals surface area (Å²) < 4.78 is 5.56. The highest BCUT2D eigenvalue weighted by Gasteiger charge is 2.10. The van der Waals surface area contributed by atoms with Gasteiger partial charge in [0.2, 0.25) is 0 Å². The molecule has 1 rings (SSSR count). The Labute approximate surface area is 95.4 Å². The van der Waals surface area contributed by atoms with Gasteiger partial charge in [0.15, 0.2) is 0 Å². The minimum Gasteiger partial charge on any atom is -0.376 e. The van der Waals surface area contributed by atoms with Crippen LogP contribution in [0.2, 0.25) is 0 Å². The zero-order chi connectivity index (χ0) is 12.2. The molecule has 0 saturated heterocycles. The molecule has 0 radical (unpaired) electrons. The number of nitro benzene ring substituents is 1. The maximum absolute atomic E-state index is 10.6. The molecular formula is C12H17NO3. The first kappa shape index (κ1) is 12.6. The van der Waals surface area contributed by atoms with E-state index in [0.29, 0.717) is 13.0 Å². The van der Waals surface area contributed by atoms with Crippen LogP contribution < -0.4 is 0 Å². The topological polar surface area (TPSA) is 52.4 Å². The summed E-state index contributed by atoms with van der Waals surface area (Å²) in [4.78, 5) is 10.2. The Hall–Kier alpha value is -1.42. The smallest absolute Gasteiger partial charge is 0.269 e. The first-order valence-corrected chi connectivity index (χ1v) is 5.26. The van der Waals surface area contributed by atoms with Gasteiger partial charge in [-0.1, -0.05) is 12.1 Å². The van der Waals surface area contributed by atoms with Gasteiger partial charge in [0.25, 0.3) is 5.69 Å². The van der Waals surface area contributed by atoms with E-state index in [1.54, 1.807) is 12.1 Å². The molecule has 0 aromatic heterocycles. The maximum atomic E-state index is 10.6. The van der Waals surface area contributed by atoms with Gasteiger partial charge in [0.1, 0.15) is 0 Å². The number of nitro groups is 1. The summed E-state index contributed by atoms with van der Waals surface area (Å²) >= 11 is 0. The van der Waals surface area contributed by atoms with Crippen molar-refractivity contribution in [3.8, 4) is 0 Å². The number of nitrogens with zero attached hydrogens (tertiary/aromatic N) is 1. The fourth-order valence-corrected chi connectivity index (χ4v) is 1.30. The average molecular weight is 223 g/mol. The molecule has 0 spiro atoms. The highest BCUT2D eigenvalue weighted by molar-refractivity contribution is 5.34. The van der Waals surface area contributed by atoms with Crippen LogP contribution >= 0.6 is 0 Å². The quantitative estimate of drug-likeness (QED) is 0.582. The first-order chi connectivity index (χ1) is 7.38. The molecule has 0 bridgehead atoms. The molecule has 0 amide bonds. The Morgan fingerprint density at radius 3 is 2.62 bits per heavy atom. The molecule has 0 aliphatic rings. The van der Waals surface area contributed by atoms with Crippen molar-refractivity contribution in [2.24, 2.45) is 0 Å². The lowest BCUT2D eigenvalue weighted by molar-refractivity contribution is -0.384. The van der Waals surface area contributed by atoms with Crippen molar-refractivity contribution in [1.82, 2.24) is 0 Å². The van der Waals surface area contributed by atoms with E-state index in [1.807, 2.05) is 26.8 Å². The van der Waals surface area contributed by atoms with Gasteiger partial charge >= 0.3 is 0 Å². The van der Waals surface area contributed by atoms with Crippen molar-refractivity contribution in [1.29, 1.82) is 0 Å². The van der Waals surface area contributed by atoms with E-state index in [1.165, 1.54) is 6.07 Å². The van der Waals surface area contributed by atoms with Crippen molar-refractivity contribution >= 4 is 5.69 Å². The molecule has 88 valence electrons. The second-order valence-electron chi connectivity index (χ2n) is 4.64. The summed E-state index contributed by atoms with van der Waals surface area (Å²) in [6.07, 6.45) is 0.693. The predicted molar refractivity (Wildman–Crippen MR) is 62.5 cm³/mol. The number of non-ortho nitro benzene ring substituents is 1. The van der Waals surface area contributed by atoms with Gasteiger partial charge in [-0.15, -0.1) is 0 Å². The number of benzene rings is 1. The van der Waals surface area contributed by atoms with E-state index >= 15 is 0 Å². The van der Waals surface area contributed by atoms with Crippen molar-refractivity contribution in [2.75, 3.05) is 6.61 Å². The number of ether oxygens (including phenoxy) is 1. The molecule has 4 heteroatoms. The second-order valence-corrected chi connectivity index (χ2v) is 4.64. The van der Waals surface area contributed by atoms with Crippen LogP contribution in [0.1, 0.15) is 26.3 Å². The molecule has 0 heterocycles. The van der Waals surface area contributed by atoms with Gasteiger partial charge in [0, 0.05) is 12.1 Å². The van der Waals surface area contributed by atoms with E-state index in [4.69, 9.17) is 4.74 Å². The molecule has 1 aromatic rings. The van der Waals surface area contributed by atoms with E-state index in [0.717, 1.165) is 5.56 Å². The Morgan fingerprint density at radius 1 is 1.38 bits per heavy atom. The lowest BCUT2D eigenvalue weighted by Gasteiger charge is -2.19. The molecule has 4 nitrogen and oxygen atoms in total. The average Bonchev–Trinajstić information content (AvgIpc) is 2.16. The highest BCUT2D eigenvalue weighted by atomic mass is 16.6. The largest absolute Gasteiger partial charge is 0.376 e. The summed E-state index contributed by atoms with van der Waals surface area (Å²) in [5.41, 5.74) is 0.896. The third-order valence-electron chi connectivity index (χ3n) is 2.05. The van der Waals surface area contributed by atoms with Crippen LogP contribution in [0, 0.1) is 10.1 Å². The van der Waals surface area contributed by atoms with E-state index in [2.05, 4.69) is 0 Å². The van der Waals surface area contributed by atoms with Gasteiger partial charge in [-0.3, -0.25) is 10.1 Å². The zero-order valence-electron chi connectivity index (χ0n) is 9.90. The number of hydrogen-bond donors (Lipinski definition) is 0. The summed E-state index contributed by atoms with van der Waals surface area (Å²) in [6, 6.07) is 6.66. The molecule has 0 N–H and O–H groups in total. The van der Waals surface area contributed by atoms with Crippen LogP contribution in [0.15, 0.2) is 24.3 Å². The van der Waals surface area contributed by atoms with Crippen molar-refractivity contribution in [2.45, 2.75) is 32.8 Å². The van der Waals surface area contributed by atoms with Crippen LogP contribution in [-0.2, 0) is 11.2 Å².